The van der Waals surface area contributed by atoms with Gasteiger partial charge < -0.3 is 10.4 Å². The number of hydrogen-bond acceptors (Lipinski definition) is 3. The Morgan fingerprint density at radius 3 is 2.88 bits per heavy atom. The predicted octanol–water partition coefficient (Wildman–Crippen LogP) is 1.69. The molecule has 1 heterocycles. The first kappa shape index (κ1) is 12.6. The molecule has 1 fully saturated rings. The lowest BCUT2D eigenvalue weighted by Crippen LogP contribution is -2.34. The molecule has 2 rings (SSSR count). The van der Waals surface area contributed by atoms with Crippen LogP contribution in [0.3, 0.4) is 0 Å². The van der Waals surface area contributed by atoms with E-state index in [0.29, 0.717) is 6.04 Å². The summed E-state index contributed by atoms with van der Waals surface area (Å²) in [5.74, 6) is 0. The average Bonchev–Trinajstić information content (AvgIpc) is 2.77. The first-order valence-corrected chi connectivity index (χ1v) is 6.71. The maximum Gasteiger partial charge on any atom is 0.0541 e. The Morgan fingerprint density at radius 1 is 1.41 bits per heavy atom. The highest BCUT2D eigenvalue weighted by molar-refractivity contribution is 5.00. The van der Waals surface area contributed by atoms with Crippen LogP contribution >= 0.6 is 0 Å². The SMILES string of the molecule is CCCn1nccc1CNC1CCC(O)CC1. The van der Waals surface area contributed by atoms with Crippen molar-refractivity contribution in [1.82, 2.24) is 15.1 Å². The summed E-state index contributed by atoms with van der Waals surface area (Å²) in [7, 11) is 0. The van der Waals surface area contributed by atoms with E-state index in [2.05, 4.69) is 28.1 Å². The molecule has 2 N–H and O–H groups in total. The van der Waals surface area contributed by atoms with Gasteiger partial charge in [0.05, 0.1) is 11.8 Å². The molecule has 1 aromatic rings. The number of hydrogen-bond donors (Lipinski definition) is 2. The van der Waals surface area contributed by atoms with Crippen molar-refractivity contribution in [3.8, 4) is 0 Å². The van der Waals surface area contributed by atoms with Crippen molar-refractivity contribution in [2.75, 3.05) is 0 Å². The van der Waals surface area contributed by atoms with Crippen LogP contribution in [0.1, 0.15) is 44.7 Å². The van der Waals surface area contributed by atoms with Gasteiger partial charge in [0.1, 0.15) is 0 Å². The molecule has 4 heteroatoms. The van der Waals surface area contributed by atoms with E-state index in [1.54, 1.807) is 0 Å². The molecule has 0 amide bonds. The van der Waals surface area contributed by atoms with E-state index in [-0.39, 0.29) is 6.10 Å². The summed E-state index contributed by atoms with van der Waals surface area (Å²) in [5, 5.41) is 17.3. The number of rotatable bonds is 5. The van der Waals surface area contributed by atoms with Crippen LogP contribution in [0.5, 0.6) is 0 Å². The number of aliphatic hydroxyl groups is 1. The molecule has 0 unspecified atom stereocenters. The molecule has 0 bridgehead atoms. The van der Waals surface area contributed by atoms with E-state index >= 15 is 0 Å². The van der Waals surface area contributed by atoms with Gasteiger partial charge in [-0.25, -0.2) is 0 Å². The van der Waals surface area contributed by atoms with Crippen molar-refractivity contribution in [1.29, 1.82) is 0 Å². The average molecular weight is 237 g/mol. The third-order valence-electron chi connectivity index (χ3n) is 3.51. The third-order valence-corrected chi connectivity index (χ3v) is 3.51. The fraction of sp³-hybridized carbons (Fsp3) is 0.769. The van der Waals surface area contributed by atoms with Crippen molar-refractivity contribution in [2.45, 2.75) is 64.3 Å². The third kappa shape index (κ3) is 3.54. The number of aromatic nitrogens is 2. The zero-order valence-electron chi connectivity index (χ0n) is 10.6. The molecule has 0 radical (unpaired) electrons. The molecule has 1 saturated carbocycles. The van der Waals surface area contributed by atoms with E-state index in [1.165, 1.54) is 5.69 Å². The fourth-order valence-corrected chi connectivity index (χ4v) is 2.45. The van der Waals surface area contributed by atoms with E-state index in [4.69, 9.17) is 0 Å². The first-order valence-electron chi connectivity index (χ1n) is 6.71. The molecule has 0 aromatic carbocycles. The molecule has 1 aromatic heterocycles. The van der Waals surface area contributed by atoms with Crippen molar-refractivity contribution in [2.24, 2.45) is 0 Å². The van der Waals surface area contributed by atoms with Crippen molar-refractivity contribution in [3.05, 3.63) is 18.0 Å². The van der Waals surface area contributed by atoms with Crippen LogP contribution in [0.15, 0.2) is 12.3 Å². The number of nitrogens with one attached hydrogen (secondary N) is 1. The molecular weight excluding hydrogens is 214 g/mol. The van der Waals surface area contributed by atoms with Crippen LogP contribution in [0.4, 0.5) is 0 Å². The molecular formula is C13H23N3O. The smallest absolute Gasteiger partial charge is 0.0541 e. The van der Waals surface area contributed by atoms with Crippen molar-refractivity contribution in [3.63, 3.8) is 0 Å². The lowest BCUT2D eigenvalue weighted by Gasteiger charge is -2.26. The molecule has 1 aliphatic rings. The Balaban J connectivity index is 1.79. The minimum Gasteiger partial charge on any atom is -0.393 e. The first-order chi connectivity index (χ1) is 8.29. The molecule has 4 nitrogen and oxygen atoms in total. The van der Waals surface area contributed by atoms with Crippen LogP contribution < -0.4 is 5.32 Å². The minimum atomic E-state index is -0.0707. The fourth-order valence-electron chi connectivity index (χ4n) is 2.45. The van der Waals surface area contributed by atoms with Crippen LogP contribution in [0, 0.1) is 0 Å². The van der Waals surface area contributed by atoms with Gasteiger partial charge in [-0.15, -0.1) is 0 Å². The normalized spacial score (nSPS) is 25.1. The minimum absolute atomic E-state index is 0.0707. The highest BCUT2D eigenvalue weighted by Gasteiger charge is 2.18. The number of aliphatic hydroxyl groups excluding tert-OH is 1. The lowest BCUT2D eigenvalue weighted by atomic mass is 9.93. The Kier molecular flexibility index (Phi) is 4.57. The van der Waals surface area contributed by atoms with E-state index < -0.39 is 0 Å². The van der Waals surface area contributed by atoms with Gasteiger partial charge in [0.2, 0.25) is 0 Å². The second-order valence-electron chi connectivity index (χ2n) is 4.93. The Morgan fingerprint density at radius 2 is 2.18 bits per heavy atom. The largest absolute Gasteiger partial charge is 0.393 e. The van der Waals surface area contributed by atoms with Gasteiger partial charge >= 0.3 is 0 Å². The van der Waals surface area contributed by atoms with Gasteiger partial charge in [0.15, 0.2) is 0 Å². The van der Waals surface area contributed by atoms with Gasteiger partial charge in [-0.1, -0.05) is 6.92 Å². The standard InChI is InChI=1S/C13H23N3O/c1-2-9-16-12(7-8-15-16)10-14-11-3-5-13(17)6-4-11/h7-8,11,13-14,17H,2-6,9-10H2,1H3. The monoisotopic (exact) mass is 237 g/mol. The molecule has 0 atom stereocenters. The van der Waals surface area contributed by atoms with Crippen LogP contribution in [-0.4, -0.2) is 27.0 Å². The lowest BCUT2D eigenvalue weighted by molar-refractivity contribution is 0.116. The van der Waals surface area contributed by atoms with Crippen molar-refractivity contribution >= 4 is 0 Å². The molecule has 96 valence electrons. The number of nitrogens with zero attached hydrogens (tertiary/aromatic N) is 2. The topological polar surface area (TPSA) is 50.1 Å². The Hall–Kier alpha value is -0.870. The quantitative estimate of drug-likeness (QED) is 0.819. The maximum absolute atomic E-state index is 9.45. The zero-order valence-corrected chi connectivity index (χ0v) is 10.6. The van der Waals surface area contributed by atoms with Gasteiger partial charge in [-0.05, 0) is 38.2 Å². The van der Waals surface area contributed by atoms with Gasteiger partial charge in [-0.2, -0.15) is 5.10 Å². The summed E-state index contributed by atoms with van der Waals surface area (Å²) in [6.07, 6.45) is 6.96. The van der Waals surface area contributed by atoms with E-state index in [1.807, 2.05) is 6.20 Å². The van der Waals surface area contributed by atoms with Gasteiger partial charge in [0, 0.05) is 25.3 Å². The molecule has 0 saturated heterocycles. The summed E-state index contributed by atoms with van der Waals surface area (Å²) >= 11 is 0. The Bertz CT molecular complexity index is 329. The zero-order chi connectivity index (χ0) is 12.1. The van der Waals surface area contributed by atoms with Crippen molar-refractivity contribution < 1.29 is 5.11 Å². The van der Waals surface area contributed by atoms with Crippen LogP contribution in [0.25, 0.3) is 0 Å². The highest BCUT2D eigenvalue weighted by Crippen LogP contribution is 2.18. The van der Waals surface area contributed by atoms with Crippen LogP contribution in [0.2, 0.25) is 0 Å². The van der Waals surface area contributed by atoms with E-state index in [0.717, 1.165) is 45.2 Å². The number of aryl methyl sites for hydroxylation is 1. The van der Waals surface area contributed by atoms with Gasteiger partial charge in [0.25, 0.3) is 0 Å². The highest BCUT2D eigenvalue weighted by atomic mass is 16.3. The summed E-state index contributed by atoms with van der Waals surface area (Å²) < 4.78 is 2.07. The molecule has 0 aliphatic heterocycles. The molecule has 17 heavy (non-hydrogen) atoms. The predicted molar refractivity (Wildman–Crippen MR) is 67.6 cm³/mol. The molecule has 1 aliphatic carbocycles. The summed E-state index contributed by atoms with van der Waals surface area (Å²) in [6, 6.07) is 2.64. The Labute approximate surface area is 103 Å². The molecule has 0 spiro atoms. The second kappa shape index (κ2) is 6.17. The maximum atomic E-state index is 9.45. The summed E-state index contributed by atoms with van der Waals surface area (Å²) in [5.41, 5.74) is 1.26. The van der Waals surface area contributed by atoms with Crippen LogP contribution in [-0.2, 0) is 13.1 Å². The summed E-state index contributed by atoms with van der Waals surface area (Å²) in [6.45, 7) is 4.05. The summed E-state index contributed by atoms with van der Waals surface area (Å²) in [4.78, 5) is 0. The van der Waals surface area contributed by atoms with E-state index in [9.17, 15) is 5.11 Å². The second-order valence-corrected chi connectivity index (χ2v) is 4.93. The van der Waals surface area contributed by atoms with Gasteiger partial charge in [-0.3, -0.25) is 4.68 Å².